The molecule has 0 fully saturated rings. The van der Waals surface area contributed by atoms with Gasteiger partial charge >= 0.3 is 0 Å². The van der Waals surface area contributed by atoms with E-state index in [1.165, 1.54) is 6.07 Å². The van der Waals surface area contributed by atoms with E-state index in [2.05, 4.69) is 4.98 Å². The summed E-state index contributed by atoms with van der Waals surface area (Å²) in [7, 11) is 0. The van der Waals surface area contributed by atoms with Gasteiger partial charge < -0.3 is 4.98 Å². The second-order valence-electron chi connectivity index (χ2n) is 2.85. The molecule has 0 atom stereocenters. The number of aromatic amines is 1. The highest BCUT2D eigenvalue weighted by molar-refractivity contribution is 5.80. The highest BCUT2D eigenvalue weighted by Crippen LogP contribution is 2.18. The summed E-state index contributed by atoms with van der Waals surface area (Å²) in [6.07, 6.45) is 0.911. The molecule has 0 saturated heterocycles. The van der Waals surface area contributed by atoms with Crippen molar-refractivity contribution in [2.75, 3.05) is 0 Å². The van der Waals surface area contributed by atoms with Crippen molar-refractivity contribution in [1.82, 2.24) is 4.98 Å². The van der Waals surface area contributed by atoms with Crippen molar-refractivity contribution in [3.63, 3.8) is 0 Å². The highest BCUT2D eigenvalue weighted by Gasteiger charge is 2.02. The maximum absolute atomic E-state index is 13.1. The second kappa shape index (κ2) is 2.63. The number of halogens is 1. The maximum atomic E-state index is 13.1. The van der Waals surface area contributed by atoms with Crippen LogP contribution >= 0.6 is 0 Å². The minimum atomic E-state index is -0.174. The number of rotatable bonds is 1. The van der Waals surface area contributed by atoms with Gasteiger partial charge in [-0.2, -0.15) is 0 Å². The average molecular weight is 163 g/mol. The molecule has 0 saturated carbocycles. The quantitative estimate of drug-likeness (QED) is 0.665. The largest absolute Gasteiger partial charge is 0.356 e. The molecule has 1 N–H and O–H groups in total. The zero-order chi connectivity index (χ0) is 8.55. The van der Waals surface area contributed by atoms with Crippen LogP contribution in [0.25, 0.3) is 10.9 Å². The third-order valence-electron chi connectivity index (χ3n) is 2.04. The molecule has 62 valence electrons. The predicted molar refractivity (Wildman–Crippen MR) is 47.6 cm³/mol. The van der Waals surface area contributed by atoms with E-state index in [0.29, 0.717) is 5.52 Å². The molecule has 2 heteroatoms. The summed E-state index contributed by atoms with van der Waals surface area (Å²) in [5.74, 6) is -0.174. The molecule has 2 aromatic rings. The molecule has 1 nitrogen and oxygen atoms in total. The van der Waals surface area contributed by atoms with Crippen LogP contribution in [0.3, 0.4) is 0 Å². The van der Waals surface area contributed by atoms with Gasteiger partial charge in [0.15, 0.2) is 0 Å². The summed E-state index contributed by atoms with van der Waals surface area (Å²) in [5.41, 5.74) is 1.70. The van der Waals surface area contributed by atoms with Gasteiger partial charge in [0.05, 0.1) is 5.52 Å². The molecule has 0 spiro atoms. The first-order chi connectivity index (χ1) is 5.81. The molecule has 2 rings (SSSR count). The van der Waals surface area contributed by atoms with Crippen LogP contribution in [0.1, 0.15) is 12.6 Å². The lowest BCUT2D eigenvalue weighted by molar-refractivity contribution is 0.637. The number of aromatic nitrogens is 1. The van der Waals surface area contributed by atoms with Gasteiger partial charge in [0, 0.05) is 11.1 Å². The van der Waals surface area contributed by atoms with Crippen LogP contribution in [0.4, 0.5) is 4.39 Å². The van der Waals surface area contributed by atoms with Gasteiger partial charge in [-0.15, -0.1) is 0 Å². The molecule has 0 aliphatic carbocycles. The summed E-state index contributed by atoms with van der Waals surface area (Å²) < 4.78 is 13.1. The summed E-state index contributed by atoms with van der Waals surface area (Å²) in [5, 5.41) is 0.951. The molecule has 1 aromatic heterocycles. The Balaban J connectivity index is 2.74. The molecule has 0 aliphatic heterocycles. The lowest BCUT2D eigenvalue weighted by Crippen LogP contribution is -1.78. The Bertz CT molecular complexity index is 403. The summed E-state index contributed by atoms with van der Waals surface area (Å²) in [6.45, 7) is 2.04. The van der Waals surface area contributed by atoms with Crippen molar-refractivity contribution in [2.45, 2.75) is 13.3 Å². The molecule has 0 radical (unpaired) electrons. The van der Waals surface area contributed by atoms with E-state index in [-0.39, 0.29) is 5.82 Å². The van der Waals surface area contributed by atoms with Crippen molar-refractivity contribution >= 4 is 10.9 Å². The van der Waals surface area contributed by atoms with Crippen LogP contribution in [0.15, 0.2) is 24.3 Å². The first-order valence-corrected chi connectivity index (χ1v) is 4.07. The average Bonchev–Trinajstić information content (AvgIpc) is 2.49. The van der Waals surface area contributed by atoms with E-state index in [1.54, 1.807) is 6.07 Å². The molecule has 12 heavy (non-hydrogen) atoms. The first-order valence-electron chi connectivity index (χ1n) is 4.07. The number of nitrogens with one attached hydrogen (secondary N) is 1. The van der Waals surface area contributed by atoms with Crippen LogP contribution < -0.4 is 0 Å². The number of hydrogen-bond donors (Lipinski definition) is 1. The number of aryl methyl sites for hydroxylation is 1. The van der Waals surface area contributed by atoms with E-state index in [4.69, 9.17) is 0 Å². The molecule has 0 aliphatic rings. The summed E-state index contributed by atoms with van der Waals surface area (Å²) in [4.78, 5) is 3.04. The smallest absolute Gasteiger partial charge is 0.147 e. The monoisotopic (exact) mass is 163 g/mol. The molecule has 0 bridgehead atoms. The van der Waals surface area contributed by atoms with E-state index in [9.17, 15) is 4.39 Å². The third-order valence-corrected chi connectivity index (χ3v) is 2.04. The number of hydrogen-bond acceptors (Lipinski definition) is 0. The molecular formula is C10H10FN. The Kier molecular flexibility index (Phi) is 1.61. The Morgan fingerprint density at radius 1 is 1.42 bits per heavy atom. The molecule has 0 amide bonds. The van der Waals surface area contributed by atoms with Crippen LogP contribution in [0.5, 0.6) is 0 Å². The third kappa shape index (κ3) is 0.998. The number of fused-ring (bicyclic) bond motifs is 1. The van der Waals surface area contributed by atoms with Crippen molar-refractivity contribution in [3.8, 4) is 0 Å². The fourth-order valence-corrected chi connectivity index (χ4v) is 1.37. The Morgan fingerprint density at radius 2 is 2.25 bits per heavy atom. The lowest BCUT2D eigenvalue weighted by atomic mass is 10.2. The van der Waals surface area contributed by atoms with Crippen LogP contribution in [-0.4, -0.2) is 4.98 Å². The van der Waals surface area contributed by atoms with Crippen LogP contribution in [0.2, 0.25) is 0 Å². The summed E-state index contributed by atoms with van der Waals surface area (Å²) in [6, 6.07) is 7.09. The Labute approximate surface area is 70.2 Å². The number of para-hydroxylation sites is 1. The SMILES string of the molecule is CCc1cc2cccc(F)c2[nH]1. The molecular weight excluding hydrogens is 153 g/mol. The summed E-state index contributed by atoms with van der Waals surface area (Å²) >= 11 is 0. The topological polar surface area (TPSA) is 15.8 Å². The van der Waals surface area contributed by atoms with Gasteiger partial charge in [-0.05, 0) is 18.6 Å². The lowest BCUT2D eigenvalue weighted by Gasteiger charge is -1.89. The standard InChI is InChI=1S/C10H10FN/c1-2-8-6-7-4-3-5-9(11)10(7)12-8/h3-6,12H,2H2,1H3. The Morgan fingerprint density at radius 3 is 2.92 bits per heavy atom. The fourth-order valence-electron chi connectivity index (χ4n) is 1.37. The number of H-pyrrole nitrogens is 1. The highest BCUT2D eigenvalue weighted by atomic mass is 19.1. The molecule has 0 unspecified atom stereocenters. The van der Waals surface area contributed by atoms with Crippen LogP contribution in [0, 0.1) is 5.82 Å². The molecule has 1 aromatic carbocycles. The van der Waals surface area contributed by atoms with E-state index in [1.807, 2.05) is 19.1 Å². The second-order valence-corrected chi connectivity index (χ2v) is 2.85. The van der Waals surface area contributed by atoms with Crippen molar-refractivity contribution < 1.29 is 4.39 Å². The van der Waals surface area contributed by atoms with Crippen molar-refractivity contribution in [3.05, 3.63) is 35.8 Å². The number of benzene rings is 1. The van der Waals surface area contributed by atoms with Gasteiger partial charge in [0.25, 0.3) is 0 Å². The molecule has 1 heterocycles. The van der Waals surface area contributed by atoms with Crippen molar-refractivity contribution in [1.29, 1.82) is 0 Å². The maximum Gasteiger partial charge on any atom is 0.147 e. The fraction of sp³-hybridized carbons (Fsp3) is 0.200. The zero-order valence-electron chi connectivity index (χ0n) is 6.89. The van der Waals surface area contributed by atoms with Gasteiger partial charge in [0.2, 0.25) is 0 Å². The van der Waals surface area contributed by atoms with Gasteiger partial charge in [0.1, 0.15) is 5.82 Å². The minimum absolute atomic E-state index is 0.174. The predicted octanol–water partition coefficient (Wildman–Crippen LogP) is 2.87. The van der Waals surface area contributed by atoms with E-state index >= 15 is 0 Å². The van der Waals surface area contributed by atoms with Crippen molar-refractivity contribution in [2.24, 2.45) is 0 Å². The zero-order valence-corrected chi connectivity index (χ0v) is 6.89. The Hall–Kier alpha value is -1.31. The van der Waals surface area contributed by atoms with E-state index < -0.39 is 0 Å². The minimum Gasteiger partial charge on any atom is -0.356 e. The normalized spacial score (nSPS) is 10.8. The van der Waals surface area contributed by atoms with Gasteiger partial charge in [-0.3, -0.25) is 0 Å². The van der Waals surface area contributed by atoms with E-state index in [0.717, 1.165) is 17.5 Å². The van der Waals surface area contributed by atoms with Gasteiger partial charge in [-0.25, -0.2) is 4.39 Å². The first kappa shape index (κ1) is 7.35. The van der Waals surface area contributed by atoms with Gasteiger partial charge in [-0.1, -0.05) is 19.1 Å². The van der Waals surface area contributed by atoms with Crippen LogP contribution in [-0.2, 0) is 6.42 Å².